The molecule has 0 unspecified atom stereocenters. The highest BCUT2D eigenvalue weighted by atomic mass is 16.3. The van der Waals surface area contributed by atoms with Gasteiger partial charge in [-0.3, -0.25) is 0 Å². The fourth-order valence-corrected chi connectivity index (χ4v) is 9.17. The summed E-state index contributed by atoms with van der Waals surface area (Å²) in [6.45, 7) is 0. The molecule has 0 spiro atoms. The second-order valence-electron chi connectivity index (χ2n) is 15.7. The van der Waals surface area contributed by atoms with Gasteiger partial charge in [0.1, 0.15) is 5.58 Å². The van der Waals surface area contributed by atoms with Crippen LogP contribution in [0.1, 0.15) is 0 Å². The first-order valence-electron chi connectivity index (χ1n) is 20.2. The summed E-state index contributed by atoms with van der Waals surface area (Å²) in [5, 5.41) is 13.7. The van der Waals surface area contributed by atoms with Crippen LogP contribution in [0.25, 0.3) is 127 Å². The number of hydrogen-bond acceptors (Lipinski definition) is 4. The molecule has 0 aliphatic heterocycles. The van der Waals surface area contributed by atoms with Crippen molar-refractivity contribution in [2.24, 2.45) is 0 Å². The molecule has 0 aliphatic carbocycles. The lowest BCUT2D eigenvalue weighted by Crippen LogP contribution is -2.01. The molecule has 5 heteroatoms. The second-order valence-corrected chi connectivity index (χ2v) is 15.7. The average molecular weight is 765 g/mol. The van der Waals surface area contributed by atoms with E-state index in [1.165, 1.54) is 37.7 Å². The Bertz CT molecular complexity index is 3810. The Morgan fingerprint density at radius 3 is 1.38 bits per heavy atom. The van der Waals surface area contributed by atoms with Gasteiger partial charge in [-0.25, -0.2) is 15.0 Å². The van der Waals surface area contributed by atoms with Crippen molar-refractivity contribution >= 4 is 86.8 Å². The monoisotopic (exact) mass is 764 g/mol. The van der Waals surface area contributed by atoms with E-state index in [9.17, 15) is 0 Å². The van der Waals surface area contributed by atoms with Gasteiger partial charge in [0, 0.05) is 38.2 Å². The molecule has 3 aromatic heterocycles. The molecule has 0 fully saturated rings. The van der Waals surface area contributed by atoms with Gasteiger partial charge in [0.2, 0.25) is 0 Å². The molecule has 5 nitrogen and oxygen atoms in total. The maximum absolute atomic E-state index is 7.03. The summed E-state index contributed by atoms with van der Waals surface area (Å²) in [4.78, 5) is 15.7. The van der Waals surface area contributed by atoms with Crippen molar-refractivity contribution in [2.75, 3.05) is 0 Å². The lowest BCUT2D eigenvalue weighted by Gasteiger charge is -2.13. The van der Waals surface area contributed by atoms with E-state index in [-0.39, 0.29) is 0 Å². The summed E-state index contributed by atoms with van der Waals surface area (Å²) in [6.07, 6.45) is 0. The van der Waals surface area contributed by atoms with Crippen LogP contribution < -0.4 is 0 Å². The predicted molar refractivity (Wildman–Crippen MR) is 248 cm³/mol. The zero-order chi connectivity index (χ0) is 39.3. The van der Waals surface area contributed by atoms with Crippen molar-refractivity contribution < 1.29 is 4.42 Å². The summed E-state index contributed by atoms with van der Waals surface area (Å²) in [5.41, 5.74) is 7.46. The normalized spacial score (nSPS) is 12.0. The molecular formula is C55H32N4O. The Morgan fingerprint density at radius 2 is 0.783 bits per heavy atom. The van der Waals surface area contributed by atoms with E-state index in [0.29, 0.717) is 17.5 Å². The summed E-state index contributed by atoms with van der Waals surface area (Å²) in [5.74, 6) is 1.81. The molecule has 0 amide bonds. The minimum absolute atomic E-state index is 0.585. The van der Waals surface area contributed by atoms with E-state index >= 15 is 0 Å². The third kappa shape index (κ3) is 5.09. The van der Waals surface area contributed by atoms with Crippen molar-refractivity contribution in [3.63, 3.8) is 0 Å². The molecule has 13 rings (SSSR count). The van der Waals surface area contributed by atoms with E-state index in [1.54, 1.807) is 0 Å². The van der Waals surface area contributed by atoms with Crippen LogP contribution >= 0.6 is 0 Å². The Balaban J connectivity index is 1.16. The lowest BCUT2D eigenvalue weighted by molar-refractivity contribution is 0.667. The standard InChI is InChI=1S/C55H32N4O/c1-2-13-34(14-3-1)53-56-54(42-23-22-33-12-4-5-15-35(33)24-42)58-55(57-53)43-28-47-46-27-38-18-8-11-21-41(38)32-51(46)60-52(47)50(31-43)59-48-29-39-19-9-6-16-36(39)25-44(48)45-26-37-17-7-10-20-40(37)30-49(45)59/h1-32H. The minimum Gasteiger partial charge on any atom is -0.454 e. The van der Waals surface area contributed by atoms with Crippen LogP contribution in [0.5, 0.6) is 0 Å². The number of hydrogen-bond donors (Lipinski definition) is 0. The highest BCUT2D eigenvalue weighted by molar-refractivity contribution is 6.19. The highest BCUT2D eigenvalue weighted by Gasteiger charge is 2.23. The number of fused-ring (bicyclic) bond motifs is 10. The van der Waals surface area contributed by atoms with Crippen LogP contribution in [0, 0.1) is 0 Å². The van der Waals surface area contributed by atoms with Crippen molar-refractivity contribution in [1.82, 2.24) is 19.5 Å². The van der Waals surface area contributed by atoms with Gasteiger partial charge in [-0.2, -0.15) is 0 Å². The van der Waals surface area contributed by atoms with Crippen LogP contribution in [-0.4, -0.2) is 19.5 Å². The average Bonchev–Trinajstić information content (AvgIpc) is 3.82. The third-order valence-electron chi connectivity index (χ3n) is 12.1. The van der Waals surface area contributed by atoms with Gasteiger partial charge in [0.15, 0.2) is 23.1 Å². The van der Waals surface area contributed by atoms with Crippen LogP contribution in [0.4, 0.5) is 0 Å². The smallest absolute Gasteiger partial charge is 0.164 e. The van der Waals surface area contributed by atoms with E-state index in [1.807, 2.05) is 18.2 Å². The van der Waals surface area contributed by atoms with Gasteiger partial charge in [0.05, 0.1) is 16.7 Å². The summed E-state index contributed by atoms with van der Waals surface area (Å²) < 4.78 is 9.42. The molecule has 278 valence electrons. The molecule has 0 N–H and O–H groups in total. The third-order valence-corrected chi connectivity index (χ3v) is 12.1. The van der Waals surface area contributed by atoms with Crippen molar-refractivity contribution in [2.45, 2.75) is 0 Å². The first kappa shape index (κ1) is 32.9. The first-order chi connectivity index (χ1) is 29.7. The molecule has 3 heterocycles. The molecule has 10 aromatic carbocycles. The quantitative estimate of drug-likeness (QED) is 0.179. The Kier molecular flexibility index (Phi) is 6.95. The van der Waals surface area contributed by atoms with Crippen LogP contribution in [0.2, 0.25) is 0 Å². The lowest BCUT2D eigenvalue weighted by atomic mass is 10.0. The molecule has 0 bridgehead atoms. The molecule has 0 saturated carbocycles. The van der Waals surface area contributed by atoms with E-state index < -0.39 is 0 Å². The highest BCUT2D eigenvalue weighted by Crippen LogP contribution is 2.43. The summed E-state index contributed by atoms with van der Waals surface area (Å²) >= 11 is 0. The molecule has 0 saturated heterocycles. The largest absolute Gasteiger partial charge is 0.454 e. The molecular weight excluding hydrogens is 733 g/mol. The van der Waals surface area contributed by atoms with Gasteiger partial charge in [-0.05, 0) is 97.7 Å². The van der Waals surface area contributed by atoms with E-state index in [4.69, 9.17) is 19.4 Å². The van der Waals surface area contributed by atoms with Gasteiger partial charge in [-0.1, -0.05) is 140 Å². The Morgan fingerprint density at radius 1 is 0.317 bits per heavy atom. The molecule has 60 heavy (non-hydrogen) atoms. The zero-order valence-corrected chi connectivity index (χ0v) is 32.2. The molecule has 0 radical (unpaired) electrons. The van der Waals surface area contributed by atoms with Crippen LogP contribution in [0.3, 0.4) is 0 Å². The van der Waals surface area contributed by atoms with Gasteiger partial charge in [-0.15, -0.1) is 0 Å². The zero-order valence-electron chi connectivity index (χ0n) is 32.2. The molecule has 0 aliphatic rings. The maximum atomic E-state index is 7.03. The van der Waals surface area contributed by atoms with Gasteiger partial charge >= 0.3 is 0 Å². The predicted octanol–water partition coefficient (Wildman–Crippen LogP) is 14.5. The summed E-state index contributed by atoms with van der Waals surface area (Å²) in [7, 11) is 0. The van der Waals surface area contributed by atoms with Crippen molar-refractivity contribution in [1.29, 1.82) is 0 Å². The van der Waals surface area contributed by atoms with Crippen molar-refractivity contribution in [3.8, 4) is 39.9 Å². The number of benzene rings is 10. The molecule has 13 aromatic rings. The Hall–Kier alpha value is -8.15. The van der Waals surface area contributed by atoms with Gasteiger partial charge < -0.3 is 8.98 Å². The fourth-order valence-electron chi connectivity index (χ4n) is 9.17. The number of furan rings is 1. The van der Waals surface area contributed by atoms with E-state index in [2.05, 4.69) is 180 Å². The first-order valence-corrected chi connectivity index (χ1v) is 20.2. The maximum Gasteiger partial charge on any atom is 0.164 e. The SMILES string of the molecule is c1ccc(-c2nc(-c3ccc4ccccc4c3)nc(-c3cc(-n4c5cc6ccccc6cc5c5cc6ccccc6cc54)c4oc5cc6ccccc6cc5c4c3)n2)cc1. The van der Waals surface area contributed by atoms with Crippen LogP contribution in [0.15, 0.2) is 199 Å². The van der Waals surface area contributed by atoms with Crippen LogP contribution in [-0.2, 0) is 0 Å². The minimum atomic E-state index is 0.585. The summed E-state index contributed by atoms with van der Waals surface area (Å²) in [6, 6.07) is 68.8. The second kappa shape index (κ2) is 12.7. The topological polar surface area (TPSA) is 56.7 Å². The number of aromatic nitrogens is 4. The Labute approximate surface area is 343 Å². The molecule has 0 atom stereocenters. The number of nitrogens with zero attached hydrogens (tertiary/aromatic N) is 4. The number of rotatable bonds is 4. The van der Waals surface area contributed by atoms with Crippen molar-refractivity contribution in [3.05, 3.63) is 194 Å². The fraction of sp³-hybridized carbons (Fsp3) is 0. The van der Waals surface area contributed by atoms with Gasteiger partial charge in [0.25, 0.3) is 0 Å². The van der Waals surface area contributed by atoms with E-state index in [0.717, 1.165) is 71.5 Å².